The molecule has 2 aromatic rings. The maximum Gasteiger partial charge on any atom is 0.197 e. The molecule has 0 saturated heterocycles. The fourth-order valence-electron chi connectivity index (χ4n) is 1.26. The first kappa shape index (κ1) is 12.1. The molecule has 0 fully saturated rings. The lowest BCUT2D eigenvalue weighted by Gasteiger charge is -2.04. The minimum absolute atomic E-state index is 0.268. The van der Waals surface area contributed by atoms with E-state index in [1.54, 1.807) is 31.4 Å². The second kappa shape index (κ2) is 4.85. The number of hydrogen-bond donors (Lipinski definition) is 0. The van der Waals surface area contributed by atoms with E-state index in [9.17, 15) is 4.39 Å². The van der Waals surface area contributed by atoms with Crippen molar-refractivity contribution in [2.75, 3.05) is 7.11 Å². The number of nitrogens with zero attached hydrogens (tertiary/aromatic N) is 2. The van der Waals surface area contributed by atoms with Gasteiger partial charge in [-0.25, -0.2) is 14.4 Å². The summed E-state index contributed by atoms with van der Waals surface area (Å²) in [6.07, 6.45) is 0. The topological polar surface area (TPSA) is 35.0 Å². The Morgan fingerprint density at radius 1 is 1.06 bits per heavy atom. The van der Waals surface area contributed by atoms with Gasteiger partial charge in [0.2, 0.25) is 0 Å². The highest BCUT2D eigenvalue weighted by Crippen LogP contribution is 2.25. The van der Waals surface area contributed by atoms with Gasteiger partial charge in [0.05, 0.1) is 7.11 Å². The second-order valence-corrected chi connectivity index (χ2v) is 3.89. The van der Waals surface area contributed by atoms with E-state index in [1.807, 2.05) is 0 Å². The molecule has 1 aromatic carbocycles. The minimum Gasteiger partial charge on any atom is -0.497 e. The van der Waals surface area contributed by atoms with E-state index < -0.39 is 5.82 Å². The molecule has 0 bridgehead atoms. The maximum atomic E-state index is 13.1. The van der Waals surface area contributed by atoms with E-state index in [0.29, 0.717) is 11.3 Å². The monoisotopic (exact) mass is 272 g/mol. The van der Waals surface area contributed by atoms with Crippen LogP contribution in [0.5, 0.6) is 5.75 Å². The van der Waals surface area contributed by atoms with Gasteiger partial charge < -0.3 is 4.74 Å². The molecule has 17 heavy (non-hydrogen) atoms. The molecular formula is C11H7Cl2FN2O. The molecule has 6 heteroatoms. The average molecular weight is 273 g/mol. The van der Waals surface area contributed by atoms with Gasteiger partial charge in [0.15, 0.2) is 21.9 Å². The first-order chi connectivity index (χ1) is 8.11. The Kier molecular flexibility index (Phi) is 3.45. The smallest absolute Gasteiger partial charge is 0.197 e. The second-order valence-electron chi connectivity index (χ2n) is 3.17. The van der Waals surface area contributed by atoms with Crippen LogP contribution < -0.4 is 4.74 Å². The molecule has 0 radical (unpaired) electrons. The van der Waals surface area contributed by atoms with E-state index in [2.05, 4.69) is 9.97 Å². The molecule has 0 spiro atoms. The molecule has 1 aromatic heterocycles. The first-order valence-corrected chi connectivity index (χ1v) is 5.40. The molecule has 88 valence electrons. The van der Waals surface area contributed by atoms with Crippen LogP contribution in [0.1, 0.15) is 0 Å². The maximum absolute atomic E-state index is 13.1. The molecule has 0 aliphatic heterocycles. The molecule has 1 heterocycles. The van der Waals surface area contributed by atoms with Gasteiger partial charge in [-0.3, -0.25) is 0 Å². The number of rotatable bonds is 2. The van der Waals surface area contributed by atoms with Crippen LogP contribution in [0, 0.1) is 5.82 Å². The van der Waals surface area contributed by atoms with Gasteiger partial charge in [0, 0.05) is 5.56 Å². The van der Waals surface area contributed by atoms with Gasteiger partial charge in [-0.05, 0) is 24.3 Å². The molecular weight excluding hydrogens is 266 g/mol. The van der Waals surface area contributed by atoms with Gasteiger partial charge in [-0.15, -0.1) is 0 Å². The normalized spacial score (nSPS) is 10.4. The Morgan fingerprint density at radius 3 is 2.06 bits per heavy atom. The van der Waals surface area contributed by atoms with E-state index in [-0.39, 0.29) is 16.1 Å². The van der Waals surface area contributed by atoms with Crippen LogP contribution in [0.4, 0.5) is 4.39 Å². The largest absolute Gasteiger partial charge is 0.497 e. The minimum atomic E-state index is -0.814. The van der Waals surface area contributed by atoms with E-state index in [4.69, 9.17) is 27.9 Å². The number of hydrogen-bond acceptors (Lipinski definition) is 3. The van der Waals surface area contributed by atoms with E-state index in [1.165, 1.54) is 0 Å². The van der Waals surface area contributed by atoms with Crippen LogP contribution in [-0.4, -0.2) is 17.1 Å². The quantitative estimate of drug-likeness (QED) is 0.784. The lowest BCUT2D eigenvalue weighted by atomic mass is 10.2. The Bertz CT molecular complexity index is 523. The molecule has 0 atom stereocenters. The summed E-state index contributed by atoms with van der Waals surface area (Å²) in [5.74, 6) is 0.155. The zero-order valence-electron chi connectivity index (χ0n) is 8.75. The van der Waals surface area contributed by atoms with Gasteiger partial charge in [0.1, 0.15) is 5.75 Å². The summed E-state index contributed by atoms with van der Waals surface area (Å²) < 4.78 is 18.2. The summed E-state index contributed by atoms with van der Waals surface area (Å²) in [6, 6.07) is 6.95. The van der Waals surface area contributed by atoms with Crippen molar-refractivity contribution >= 4 is 23.2 Å². The number of ether oxygens (including phenoxy) is 1. The summed E-state index contributed by atoms with van der Waals surface area (Å²) in [5, 5.41) is -0.591. The van der Waals surface area contributed by atoms with Crippen LogP contribution in [0.3, 0.4) is 0 Å². The lowest BCUT2D eigenvalue weighted by Crippen LogP contribution is -1.94. The van der Waals surface area contributed by atoms with Gasteiger partial charge in [-0.1, -0.05) is 23.2 Å². The van der Waals surface area contributed by atoms with Crippen molar-refractivity contribution in [2.24, 2.45) is 0 Å². The molecule has 2 rings (SSSR count). The molecule has 0 aliphatic carbocycles. The molecule has 0 aliphatic rings. The number of benzene rings is 1. The van der Waals surface area contributed by atoms with Crippen LogP contribution in [0.2, 0.25) is 10.3 Å². The Balaban J connectivity index is 2.45. The summed E-state index contributed by atoms with van der Waals surface area (Å²) in [7, 11) is 1.57. The van der Waals surface area contributed by atoms with Crippen molar-refractivity contribution in [3.05, 3.63) is 40.4 Å². The van der Waals surface area contributed by atoms with Crippen molar-refractivity contribution in [3.8, 4) is 17.1 Å². The predicted octanol–water partition coefficient (Wildman–Crippen LogP) is 3.60. The third kappa shape index (κ3) is 2.48. The van der Waals surface area contributed by atoms with Crippen LogP contribution in [0.15, 0.2) is 24.3 Å². The summed E-state index contributed by atoms with van der Waals surface area (Å²) in [5.41, 5.74) is 0.676. The van der Waals surface area contributed by atoms with Crippen LogP contribution in [0.25, 0.3) is 11.4 Å². The van der Waals surface area contributed by atoms with Gasteiger partial charge in [-0.2, -0.15) is 0 Å². The lowest BCUT2D eigenvalue weighted by molar-refractivity contribution is 0.415. The highest BCUT2D eigenvalue weighted by atomic mass is 35.5. The van der Waals surface area contributed by atoms with Crippen molar-refractivity contribution in [2.45, 2.75) is 0 Å². The standard InChI is InChI=1S/C11H7Cl2FN2O/c1-17-7-4-2-6(3-5-7)11-15-9(12)8(14)10(13)16-11/h2-5H,1H3. The number of halogens is 3. The van der Waals surface area contributed by atoms with Crippen molar-refractivity contribution in [3.63, 3.8) is 0 Å². The Hall–Kier alpha value is -1.39. The van der Waals surface area contributed by atoms with Crippen molar-refractivity contribution < 1.29 is 9.13 Å². The third-order valence-electron chi connectivity index (χ3n) is 2.12. The zero-order valence-corrected chi connectivity index (χ0v) is 10.3. The molecule has 0 saturated carbocycles. The molecule has 0 unspecified atom stereocenters. The van der Waals surface area contributed by atoms with Crippen molar-refractivity contribution in [1.82, 2.24) is 9.97 Å². The van der Waals surface area contributed by atoms with Gasteiger partial charge in [0.25, 0.3) is 0 Å². The summed E-state index contributed by atoms with van der Waals surface area (Å²) in [4.78, 5) is 7.63. The molecule has 0 N–H and O–H groups in total. The highest BCUT2D eigenvalue weighted by Gasteiger charge is 2.12. The fraction of sp³-hybridized carbons (Fsp3) is 0.0909. The summed E-state index contributed by atoms with van der Waals surface area (Å²) in [6.45, 7) is 0. The van der Waals surface area contributed by atoms with E-state index in [0.717, 1.165) is 0 Å². The Morgan fingerprint density at radius 2 is 1.59 bits per heavy atom. The summed E-state index contributed by atoms with van der Waals surface area (Å²) >= 11 is 11.2. The SMILES string of the molecule is COc1ccc(-c2nc(Cl)c(F)c(Cl)n2)cc1. The highest BCUT2D eigenvalue weighted by molar-refractivity contribution is 6.33. The van der Waals surface area contributed by atoms with Crippen molar-refractivity contribution in [1.29, 1.82) is 0 Å². The average Bonchev–Trinajstić information content (AvgIpc) is 2.35. The molecule has 0 amide bonds. The third-order valence-corrected chi connectivity index (χ3v) is 2.62. The predicted molar refractivity (Wildman–Crippen MR) is 64.0 cm³/mol. The van der Waals surface area contributed by atoms with Gasteiger partial charge >= 0.3 is 0 Å². The van der Waals surface area contributed by atoms with Crippen LogP contribution in [-0.2, 0) is 0 Å². The number of aromatic nitrogens is 2. The zero-order chi connectivity index (χ0) is 12.4. The Labute approximate surface area is 107 Å². The molecule has 3 nitrogen and oxygen atoms in total. The van der Waals surface area contributed by atoms with E-state index >= 15 is 0 Å². The first-order valence-electron chi connectivity index (χ1n) is 4.65. The number of methoxy groups -OCH3 is 1. The van der Waals surface area contributed by atoms with Crippen LogP contribution >= 0.6 is 23.2 Å². The fourth-order valence-corrected chi connectivity index (χ4v) is 1.65.